The van der Waals surface area contributed by atoms with E-state index in [-0.39, 0.29) is 30.9 Å². The highest BCUT2D eigenvalue weighted by Crippen LogP contribution is 2.21. The highest BCUT2D eigenvalue weighted by molar-refractivity contribution is 6.33. The Morgan fingerprint density at radius 3 is 2.34 bits per heavy atom. The predicted molar refractivity (Wildman–Crippen MR) is 118 cm³/mol. The topological polar surface area (TPSA) is 61.4 Å². The first-order valence-corrected chi connectivity index (χ1v) is 9.81. The number of hydrogen-bond donors (Lipinski definition) is 2. The molecule has 2 N–H and O–H groups in total. The van der Waals surface area contributed by atoms with Crippen LogP contribution in [0.4, 0.5) is 5.69 Å². The molecule has 0 fully saturated rings. The van der Waals surface area contributed by atoms with E-state index in [4.69, 9.17) is 11.6 Å². The van der Waals surface area contributed by atoms with E-state index in [1.165, 1.54) is 5.39 Å². The number of nitrogens with one attached hydrogen (secondary N) is 2. The molecule has 3 rings (SSSR count). The summed E-state index contributed by atoms with van der Waals surface area (Å²) < 4.78 is 0. The van der Waals surface area contributed by atoms with Crippen LogP contribution in [0.5, 0.6) is 0 Å². The van der Waals surface area contributed by atoms with Crippen LogP contribution in [-0.2, 0) is 9.59 Å². The lowest BCUT2D eigenvalue weighted by Crippen LogP contribution is -2.39. The van der Waals surface area contributed by atoms with Crippen LogP contribution in [0, 0.1) is 0 Å². The first kappa shape index (κ1) is 20.8. The number of likely N-dealkylation sites (N-methyl/N-ethyl adjacent to an activating group) is 1. The van der Waals surface area contributed by atoms with E-state index in [1.54, 1.807) is 36.2 Å². The summed E-state index contributed by atoms with van der Waals surface area (Å²) in [7, 11) is 1.73. The largest absolute Gasteiger partial charge is 0.348 e. The Bertz CT molecular complexity index is 1020. The van der Waals surface area contributed by atoms with Crippen molar-refractivity contribution < 1.29 is 9.59 Å². The second-order valence-corrected chi connectivity index (χ2v) is 7.50. The van der Waals surface area contributed by atoms with Crippen molar-refractivity contribution in [1.29, 1.82) is 0 Å². The standard InChI is InChI=1S/C23H24ClN3O2/c1-16(18-12-11-17-7-3-4-8-19(17)13-18)25-22(28)14-27(2)15-23(29)26-21-10-6-5-9-20(21)24/h3-13,16H,14-15H2,1-2H3,(H,25,28)(H,26,29). The van der Waals surface area contributed by atoms with Crippen molar-refractivity contribution in [3.05, 3.63) is 77.3 Å². The predicted octanol–water partition coefficient (Wildman–Crippen LogP) is 4.24. The first-order valence-electron chi connectivity index (χ1n) is 9.43. The number of anilines is 1. The maximum absolute atomic E-state index is 12.4. The molecule has 0 aliphatic rings. The fourth-order valence-corrected chi connectivity index (χ4v) is 3.33. The number of carbonyl (C=O) groups excluding carboxylic acids is 2. The summed E-state index contributed by atoms with van der Waals surface area (Å²) in [5.74, 6) is -0.366. The molecule has 1 unspecified atom stereocenters. The number of fused-ring (bicyclic) bond motifs is 1. The van der Waals surface area contributed by atoms with Crippen molar-refractivity contribution in [3.8, 4) is 0 Å². The fraction of sp³-hybridized carbons (Fsp3) is 0.217. The molecule has 0 aromatic heterocycles. The molecule has 1 atom stereocenters. The van der Waals surface area contributed by atoms with Gasteiger partial charge < -0.3 is 10.6 Å². The van der Waals surface area contributed by atoms with Crippen LogP contribution in [0.1, 0.15) is 18.5 Å². The lowest BCUT2D eigenvalue weighted by molar-refractivity contribution is -0.123. The molecule has 5 nitrogen and oxygen atoms in total. The Hall–Kier alpha value is -2.89. The molecule has 0 heterocycles. The fourth-order valence-electron chi connectivity index (χ4n) is 3.15. The minimum atomic E-state index is -0.226. The molecule has 29 heavy (non-hydrogen) atoms. The van der Waals surface area contributed by atoms with E-state index in [0.29, 0.717) is 10.7 Å². The van der Waals surface area contributed by atoms with Gasteiger partial charge in [-0.1, -0.05) is 60.1 Å². The van der Waals surface area contributed by atoms with Crippen LogP contribution >= 0.6 is 11.6 Å². The van der Waals surface area contributed by atoms with Crippen LogP contribution in [0.15, 0.2) is 66.7 Å². The average molecular weight is 410 g/mol. The van der Waals surface area contributed by atoms with Crippen molar-refractivity contribution in [2.45, 2.75) is 13.0 Å². The minimum absolute atomic E-state index is 0.0863. The molecule has 0 aliphatic heterocycles. The summed E-state index contributed by atoms with van der Waals surface area (Å²) >= 11 is 6.05. The van der Waals surface area contributed by atoms with E-state index in [9.17, 15) is 9.59 Å². The average Bonchev–Trinajstić information content (AvgIpc) is 2.69. The molecule has 150 valence electrons. The normalized spacial score (nSPS) is 12.0. The first-order chi connectivity index (χ1) is 13.9. The van der Waals surface area contributed by atoms with Crippen molar-refractivity contribution in [2.75, 3.05) is 25.5 Å². The highest BCUT2D eigenvalue weighted by atomic mass is 35.5. The number of carbonyl (C=O) groups is 2. The molecule has 6 heteroatoms. The number of amides is 2. The third kappa shape index (κ3) is 5.79. The van der Waals surface area contributed by atoms with Gasteiger partial charge in [0, 0.05) is 0 Å². The molecule has 3 aromatic carbocycles. The number of hydrogen-bond acceptors (Lipinski definition) is 3. The molecule has 0 bridgehead atoms. The van der Waals surface area contributed by atoms with Crippen molar-refractivity contribution in [2.24, 2.45) is 0 Å². The van der Waals surface area contributed by atoms with Crippen LogP contribution in [0.3, 0.4) is 0 Å². The number of halogens is 1. The Labute approximate surface area is 175 Å². The SMILES string of the molecule is CC(NC(=O)CN(C)CC(=O)Nc1ccccc1Cl)c1ccc2ccccc2c1. The van der Waals surface area contributed by atoms with Gasteiger partial charge in [-0.05, 0) is 48.5 Å². The van der Waals surface area contributed by atoms with E-state index < -0.39 is 0 Å². The number of benzene rings is 3. The molecule has 0 saturated heterocycles. The zero-order chi connectivity index (χ0) is 20.8. The zero-order valence-electron chi connectivity index (χ0n) is 16.5. The lowest BCUT2D eigenvalue weighted by atomic mass is 10.0. The third-order valence-corrected chi connectivity index (χ3v) is 4.96. The monoisotopic (exact) mass is 409 g/mol. The Morgan fingerprint density at radius 2 is 1.59 bits per heavy atom. The molecular weight excluding hydrogens is 386 g/mol. The Kier molecular flexibility index (Phi) is 6.86. The van der Waals surface area contributed by atoms with Gasteiger partial charge in [0.05, 0.1) is 29.8 Å². The molecule has 0 saturated carbocycles. The number of rotatable bonds is 7. The second kappa shape index (κ2) is 9.54. The van der Waals surface area contributed by atoms with Crippen LogP contribution in [-0.4, -0.2) is 36.9 Å². The zero-order valence-corrected chi connectivity index (χ0v) is 17.2. The smallest absolute Gasteiger partial charge is 0.238 e. The maximum Gasteiger partial charge on any atom is 0.238 e. The molecule has 3 aromatic rings. The van der Waals surface area contributed by atoms with Gasteiger partial charge in [0.2, 0.25) is 11.8 Å². The van der Waals surface area contributed by atoms with Gasteiger partial charge in [-0.2, -0.15) is 0 Å². The Balaban J connectivity index is 1.51. The maximum atomic E-state index is 12.4. The molecular formula is C23H24ClN3O2. The summed E-state index contributed by atoms with van der Waals surface area (Å²) in [6.07, 6.45) is 0. The van der Waals surface area contributed by atoms with Gasteiger partial charge in [-0.25, -0.2) is 0 Å². The summed E-state index contributed by atoms with van der Waals surface area (Å²) in [5, 5.41) is 8.53. The van der Waals surface area contributed by atoms with Crippen LogP contribution in [0.25, 0.3) is 10.8 Å². The molecule has 2 amide bonds. The Morgan fingerprint density at radius 1 is 0.931 bits per heavy atom. The number of para-hydroxylation sites is 1. The van der Waals surface area contributed by atoms with E-state index >= 15 is 0 Å². The van der Waals surface area contributed by atoms with Crippen molar-refractivity contribution in [3.63, 3.8) is 0 Å². The van der Waals surface area contributed by atoms with E-state index in [1.807, 2.05) is 25.1 Å². The van der Waals surface area contributed by atoms with Crippen molar-refractivity contribution >= 4 is 39.9 Å². The summed E-state index contributed by atoms with van der Waals surface area (Å²) in [6.45, 7) is 2.16. The van der Waals surface area contributed by atoms with Gasteiger partial charge in [0.1, 0.15) is 0 Å². The second-order valence-electron chi connectivity index (χ2n) is 7.10. The van der Waals surface area contributed by atoms with Gasteiger partial charge in [-0.3, -0.25) is 14.5 Å². The van der Waals surface area contributed by atoms with E-state index in [2.05, 4.69) is 34.9 Å². The lowest BCUT2D eigenvalue weighted by Gasteiger charge is -2.19. The van der Waals surface area contributed by atoms with Gasteiger partial charge in [-0.15, -0.1) is 0 Å². The summed E-state index contributed by atoms with van der Waals surface area (Å²) in [5.41, 5.74) is 1.60. The quantitative estimate of drug-likeness (QED) is 0.613. The summed E-state index contributed by atoms with van der Waals surface area (Å²) in [6, 6.07) is 21.2. The highest BCUT2D eigenvalue weighted by Gasteiger charge is 2.14. The van der Waals surface area contributed by atoms with Gasteiger partial charge in [0.25, 0.3) is 0 Å². The van der Waals surface area contributed by atoms with Gasteiger partial charge in [0.15, 0.2) is 0 Å². The molecule has 0 spiro atoms. The minimum Gasteiger partial charge on any atom is -0.348 e. The van der Waals surface area contributed by atoms with E-state index in [0.717, 1.165) is 10.9 Å². The van der Waals surface area contributed by atoms with Crippen LogP contribution in [0.2, 0.25) is 5.02 Å². The molecule has 0 aliphatic carbocycles. The van der Waals surface area contributed by atoms with Gasteiger partial charge >= 0.3 is 0 Å². The number of nitrogens with zero attached hydrogens (tertiary/aromatic N) is 1. The third-order valence-electron chi connectivity index (χ3n) is 4.63. The summed E-state index contributed by atoms with van der Waals surface area (Å²) in [4.78, 5) is 26.2. The van der Waals surface area contributed by atoms with Crippen LogP contribution < -0.4 is 10.6 Å². The van der Waals surface area contributed by atoms with Crippen molar-refractivity contribution in [1.82, 2.24) is 10.2 Å². The molecule has 0 radical (unpaired) electrons.